The van der Waals surface area contributed by atoms with Gasteiger partial charge in [-0.05, 0) is 11.6 Å². The second kappa shape index (κ2) is 3.20. The number of rotatable bonds is 2. The van der Waals surface area contributed by atoms with Crippen molar-refractivity contribution in [3.8, 4) is 0 Å². The van der Waals surface area contributed by atoms with Crippen LogP contribution in [0, 0.1) is 0 Å². The third-order valence-electron chi connectivity index (χ3n) is 2.20. The summed E-state index contributed by atoms with van der Waals surface area (Å²) in [5, 5.41) is 1.08. The molecule has 3 heteroatoms. The van der Waals surface area contributed by atoms with Gasteiger partial charge < -0.3 is 15.9 Å². The normalized spacial score (nSPS) is 10.9. The standard InChI is InChI=1S/C10H12N2O/c11-4-7-2-1-3-9-10(7)8(5-12)6-13-9/h1-3,6H,4-5,11-12H2. The first-order valence-corrected chi connectivity index (χ1v) is 4.25. The van der Waals surface area contributed by atoms with Gasteiger partial charge in [0.05, 0.1) is 6.26 Å². The summed E-state index contributed by atoms with van der Waals surface area (Å²) >= 11 is 0. The average molecular weight is 176 g/mol. The molecule has 0 aliphatic heterocycles. The van der Waals surface area contributed by atoms with Crippen LogP contribution in [0.4, 0.5) is 0 Å². The van der Waals surface area contributed by atoms with Crippen molar-refractivity contribution in [2.45, 2.75) is 13.1 Å². The van der Waals surface area contributed by atoms with Crippen LogP contribution >= 0.6 is 0 Å². The molecule has 1 aromatic heterocycles. The van der Waals surface area contributed by atoms with Gasteiger partial charge in [-0.3, -0.25) is 0 Å². The predicted molar refractivity (Wildman–Crippen MR) is 52.0 cm³/mol. The molecule has 1 heterocycles. The summed E-state index contributed by atoms with van der Waals surface area (Å²) in [7, 11) is 0. The first-order chi connectivity index (χ1) is 6.36. The van der Waals surface area contributed by atoms with E-state index < -0.39 is 0 Å². The molecule has 0 unspecified atom stereocenters. The first kappa shape index (κ1) is 8.29. The van der Waals surface area contributed by atoms with Crippen LogP contribution in [0.25, 0.3) is 11.0 Å². The minimum Gasteiger partial charge on any atom is -0.464 e. The molecule has 0 fully saturated rings. The lowest BCUT2D eigenvalue weighted by Gasteiger charge is -1.99. The molecule has 0 bridgehead atoms. The van der Waals surface area contributed by atoms with Crippen LogP contribution in [0.15, 0.2) is 28.9 Å². The van der Waals surface area contributed by atoms with Crippen LogP contribution in [-0.2, 0) is 13.1 Å². The fraction of sp³-hybridized carbons (Fsp3) is 0.200. The Bertz CT molecular complexity index is 420. The largest absolute Gasteiger partial charge is 0.464 e. The number of fused-ring (bicyclic) bond motifs is 1. The SMILES string of the molecule is NCc1cccc2occ(CN)c12. The van der Waals surface area contributed by atoms with E-state index in [4.69, 9.17) is 15.9 Å². The highest BCUT2D eigenvalue weighted by Gasteiger charge is 2.07. The molecule has 0 amide bonds. The number of furan rings is 1. The molecule has 0 aliphatic rings. The smallest absolute Gasteiger partial charge is 0.134 e. The summed E-state index contributed by atoms with van der Waals surface area (Å²) < 4.78 is 5.35. The third-order valence-corrected chi connectivity index (χ3v) is 2.20. The van der Waals surface area contributed by atoms with Crippen molar-refractivity contribution < 1.29 is 4.42 Å². The van der Waals surface area contributed by atoms with Gasteiger partial charge >= 0.3 is 0 Å². The van der Waals surface area contributed by atoms with Crippen molar-refractivity contribution in [2.75, 3.05) is 0 Å². The van der Waals surface area contributed by atoms with E-state index in [0.29, 0.717) is 13.1 Å². The Morgan fingerprint density at radius 3 is 2.54 bits per heavy atom. The highest BCUT2D eigenvalue weighted by Crippen LogP contribution is 2.24. The highest BCUT2D eigenvalue weighted by molar-refractivity contribution is 5.84. The Morgan fingerprint density at radius 1 is 1.08 bits per heavy atom. The van der Waals surface area contributed by atoms with E-state index in [2.05, 4.69) is 0 Å². The van der Waals surface area contributed by atoms with E-state index in [1.54, 1.807) is 6.26 Å². The molecular formula is C10H12N2O. The summed E-state index contributed by atoms with van der Waals surface area (Å²) in [6.45, 7) is 1.01. The van der Waals surface area contributed by atoms with Crippen molar-refractivity contribution in [3.05, 3.63) is 35.6 Å². The molecule has 2 rings (SSSR count). The van der Waals surface area contributed by atoms with E-state index in [-0.39, 0.29) is 0 Å². The maximum atomic E-state index is 5.62. The monoisotopic (exact) mass is 176 g/mol. The Kier molecular flexibility index (Phi) is 2.04. The van der Waals surface area contributed by atoms with Gasteiger partial charge in [-0.15, -0.1) is 0 Å². The molecule has 0 atom stereocenters. The quantitative estimate of drug-likeness (QED) is 0.725. The van der Waals surface area contributed by atoms with E-state index in [0.717, 1.165) is 22.1 Å². The lowest BCUT2D eigenvalue weighted by atomic mass is 10.1. The second-order valence-corrected chi connectivity index (χ2v) is 2.96. The molecule has 0 saturated carbocycles. The zero-order valence-corrected chi connectivity index (χ0v) is 7.29. The Hall–Kier alpha value is -1.32. The molecule has 13 heavy (non-hydrogen) atoms. The van der Waals surface area contributed by atoms with Crippen LogP contribution in [0.1, 0.15) is 11.1 Å². The minimum absolute atomic E-state index is 0.490. The predicted octanol–water partition coefficient (Wildman–Crippen LogP) is 1.35. The second-order valence-electron chi connectivity index (χ2n) is 2.96. The fourth-order valence-electron chi connectivity index (χ4n) is 1.55. The third kappa shape index (κ3) is 1.22. The van der Waals surface area contributed by atoms with Crippen LogP contribution in [0.2, 0.25) is 0 Å². The minimum atomic E-state index is 0.490. The number of hydrogen-bond donors (Lipinski definition) is 2. The lowest BCUT2D eigenvalue weighted by molar-refractivity contribution is 0.610. The van der Waals surface area contributed by atoms with Crippen molar-refractivity contribution in [2.24, 2.45) is 11.5 Å². The van der Waals surface area contributed by atoms with Crippen LogP contribution in [0.5, 0.6) is 0 Å². The van der Waals surface area contributed by atoms with Gasteiger partial charge in [-0.1, -0.05) is 12.1 Å². The molecule has 1 aromatic carbocycles. The highest BCUT2D eigenvalue weighted by atomic mass is 16.3. The molecule has 0 spiro atoms. The topological polar surface area (TPSA) is 65.2 Å². The molecule has 0 saturated heterocycles. The molecule has 0 aliphatic carbocycles. The molecule has 2 aromatic rings. The molecule has 68 valence electrons. The Balaban J connectivity index is 2.76. The Labute approximate surface area is 76.3 Å². The van der Waals surface area contributed by atoms with Crippen molar-refractivity contribution in [1.82, 2.24) is 0 Å². The van der Waals surface area contributed by atoms with Gasteiger partial charge in [0.2, 0.25) is 0 Å². The van der Waals surface area contributed by atoms with Gasteiger partial charge in [0.1, 0.15) is 5.58 Å². The molecule has 4 N–H and O–H groups in total. The van der Waals surface area contributed by atoms with Gasteiger partial charge in [0.15, 0.2) is 0 Å². The fourth-order valence-corrected chi connectivity index (χ4v) is 1.55. The lowest BCUT2D eigenvalue weighted by Crippen LogP contribution is -2.00. The van der Waals surface area contributed by atoms with E-state index in [1.807, 2.05) is 18.2 Å². The summed E-state index contributed by atoms with van der Waals surface area (Å²) in [5.41, 5.74) is 14.2. The summed E-state index contributed by atoms with van der Waals surface area (Å²) in [6, 6.07) is 5.86. The zero-order chi connectivity index (χ0) is 9.26. The maximum Gasteiger partial charge on any atom is 0.134 e. The number of hydrogen-bond acceptors (Lipinski definition) is 3. The van der Waals surface area contributed by atoms with Crippen molar-refractivity contribution in [3.63, 3.8) is 0 Å². The molecule has 3 nitrogen and oxygen atoms in total. The van der Waals surface area contributed by atoms with Gasteiger partial charge in [-0.25, -0.2) is 0 Å². The van der Waals surface area contributed by atoms with Crippen LogP contribution < -0.4 is 11.5 Å². The van der Waals surface area contributed by atoms with Crippen LogP contribution in [0.3, 0.4) is 0 Å². The van der Waals surface area contributed by atoms with Crippen molar-refractivity contribution >= 4 is 11.0 Å². The molecular weight excluding hydrogens is 164 g/mol. The maximum absolute atomic E-state index is 5.62. The van der Waals surface area contributed by atoms with E-state index in [9.17, 15) is 0 Å². The van der Waals surface area contributed by atoms with E-state index >= 15 is 0 Å². The van der Waals surface area contributed by atoms with Gasteiger partial charge in [-0.2, -0.15) is 0 Å². The zero-order valence-electron chi connectivity index (χ0n) is 7.29. The summed E-state index contributed by atoms with van der Waals surface area (Å²) in [4.78, 5) is 0. The first-order valence-electron chi connectivity index (χ1n) is 4.25. The summed E-state index contributed by atoms with van der Waals surface area (Å²) in [6.07, 6.45) is 1.70. The molecule has 0 radical (unpaired) electrons. The number of nitrogens with two attached hydrogens (primary N) is 2. The average Bonchev–Trinajstić information content (AvgIpc) is 2.60. The van der Waals surface area contributed by atoms with Crippen LogP contribution in [-0.4, -0.2) is 0 Å². The van der Waals surface area contributed by atoms with Gasteiger partial charge in [0, 0.05) is 24.0 Å². The summed E-state index contributed by atoms with van der Waals surface area (Å²) in [5.74, 6) is 0. The van der Waals surface area contributed by atoms with Crippen molar-refractivity contribution in [1.29, 1.82) is 0 Å². The van der Waals surface area contributed by atoms with Gasteiger partial charge in [0.25, 0.3) is 0 Å². The Morgan fingerprint density at radius 2 is 1.85 bits per heavy atom. The number of benzene rings is 1. The van der Waals surface area contributed by atoms with E-state index in [1.165, 1.54) is 0 Å².